The van der Waals surface area contributed by atoms with Crippen molar-refractivity contribution < 1.29 is 14.0 Å². The molecule has 0 unspecified atom stereocenters. The van der Waals surface area contributed by atoms with E-state index in [2.05, 4.69) is 5.32 Å². The quantitative estimate of drug-likeness (QED) is 0.840. The van der Waals surface area contributed by atoms with E-state index in [0.29, 0.717) is 13.1 Å². The van der Waals surface area contributed by atoms with Crippen LogP contribution in [-0.4, -0.2) is 73.5 Å². The number of amides is 3. The molecular weight excluding hydrogens is 359 g/mol. The molecule has 2 fully saturated rings. The highest BCUT2D eigenvalue weighted by Gasteiger charge is 2.31. The van der Waals surface area contributed by atoms with Crippen LogP contribution in [0.5, 0.6) is 0 Å². The fourth-order valence-corrected chi connectivity index (χ4v) is 4.13. The average Bonchev–Trinajstić information content (AvgIpc) is 3.22. The van der Waals surface area contributed by atoms with Gasteiger partial charge in [-0.1, -0.05) is 12.1 Å². The number of halogens is 1. The third kappa shape index (κ3) is 5.01. The molecule has 3 rings (SSSR count). The largest absolute Gasteiger partial charge is 0.354 e. The van der Waals surface area contributed by atoms with Crippen molar-refractivity contribution >= 4 is 11.9 Å². The molecule has 1 N–H and O–H groups in total. The summed E-state index contributed by atoms with van der Waals surface area (Å²) in [5.74, 6) is -0.489. The maximum Gasteiger partial charge on any atom is 0.320 e. The Morgan fingerprint density at radius 2 is 1.89 bits per heavy atom. The molecule has 1 aromatic rings. The molecule has 0 bridgehead atoms. The van der Waals surface area contributed by atoms with Crippen LogP contribution < -0.4 is 5.32 Å². The van der Waals surface area contributed by atoms with Crippen LogP contribution in [-0.2, 0) is 4.79 Å². The molecule has 0 aromatic heterocycles. The molecule has 2 aliphatic rings. The molecule has 6 nitrogen and oxygen atoms in total. The molecule has 0 radical (unpaired) electrons. The van der Waals surface area contributed by atoms with Crippen LogP contribution in [0, 0.1) is 11.7 Å². The first-order valence-electron chi connectivity index (χ1n) is 10.2. The molecule has 28 heavy (non-hydrogen) atoms. The van der Waals surface area contributed by atoms with Gasteiger partial charge in [0.1, 0.15) is 5.82 Å². The van der Waals surface area contributed by atoms with Crippen molar-refractivity contribution in [3.63, 3.8) is 0 Å². The van der Waals surface area contributed by atoms with Crippen molar-refractivity contribution in [1.82, 2.24) is 20.0 Å². The van der Waals surface area contributed by atoms with Gasteiger partial charge in [0, 0.05) is 32.7 Å². The third-order valence-electron chi connectivity index (χ3n) is 5.77. The number of benzene rings is 1. The topological polar surface area (TPSA) is 55.9 Å². The number of carbonyl (C=O) groups excluding carboxylic acids is 2. The Morgan fingerprint density at radius 3 is 2.57 bits per heavy atom. The molecule has 7 heteroatoms. The Balaban J connectivity index is 1.56. The summed E-state index contributed by atoms with van der Waals surface area (Å²) in [6, 6.07) is 6.45. The van der Waals surface area contributed by atoms with E-state index in [9.17, 15) is 14.0 Å². The summed E-state index contributed by atoms with van der Waals surface area (Å²) in [5, 5.41) is 3.03. The van der Waals surface area contributed by atoms with Crippen molar-refractivity contribution in [3.8, 4) is 0 Å². The molecule has 2 aliphatic heterocycles. The Morgan fingerprint density at radius 1 is 1.18 bits per heavy atom. The zero-order valence-corrected chi connectivity index (χ0v) is 16.9. The van der Waals surface area contributed by atoms with Gasteiger partial charge in [0.2, 0.25) is 5.91 Å². The average molecular weight is 391 g/mol. The number of nitrogens with zero attached hydrogens (tertiary/aromatic N) is 3. The van der Waals surface area contributed by atoms with Gasteiger partial charge >= 0.3 is 6.03 Å². The van der Waals surface area contributed by atoms with Crippen molar-refractivity contribution in [2.24, 2.45) is 5.92 Å². The van der Waals surface area contributed by atoms with E-state index in [0.717, 1.165) is 50.9 Å². The van der Waals surface area contributed by atoms with Gasteiger partial charge < -0.3 is 20.0 Å². The highest BCUT2D eigenvalue weighted by Crippen LogP contribution is 2.21. The van der Waals surface area contributed by atoms with Gasteiger partial charge in [-0.05, 0) is 57.5 Å². The number of carbonyl (C=O) groups is 2. The number of piperidine rings is 1. The standard InChI is InChI=1S/C21H31FN4O2/c1-24(2)19(16-7-5-9-18(22)13-16)14-23-20(27)17-8-6-12-26(15-17)21(28)25-10-3-4-11-25/h5,7,9,13,17,19H,3-4,6,8,10-12,14-15H2,1-2H3,(H,23,27)/t17-,19+/m1/s1. The molecule has 1 aromatic carbocycles. The van der Waals surface area contributed by atoms with Crippen LogP contribution >= 0.6 is 0 Å². The molecule has 0 aliphatic carbocycles. The Kier molecular flexibility index (Phi) is 6.88. The van der Waals surface area contributed by atoms with Gasteiger partial charge in [0.15, 0.2) is 0 Å². The summed E-state index contributed by atoms with van der Waals surface area (Å²) in [6.45, 7) is 3.26. The molecule has 2 heterocycles. The highest BCUT2D eigenvalue weighted by molar-refractivity contribution is 5.81. The van der Waals surface area contributed by atoms with Crippen LogP contribution in [0.25, 0.3) is 0 Å². The molecule has 3 amide bonds. The monoisotopic (exact) mass is 390 g/mol. The molecule has 154 valence electrons. The minimum Gasteiger partial charge on any atom is -0.354 e. The van der Waals surface area contributed by atoms with E-state index in [1.165, 1.54) is 12.1 Å². The molecule has 0 saturated carbocycles. The van der Waals surface area contributed by atoms with Crippen LogP contribution in [0.4, 0.5) is 9.18 Å². The summed E-state index contributed by atoms with van der Waals surface area (Å²) in [6.07, 6.45) is 3.77. The first-order chi connectivity index (χ1) is 13.5. The number of hydrogen-bond acceptors (Lipinski definition) is 3. The lowest BCUT2D eigenvalue weighted by molar-refractivity contribution is -0.126. The van der Waals surface area contributed by atoms with Crippen LogP contribution in [0.2, 0.25) is 0 Å². The first kappa shape index (κ1) is 20.6. The van der Waals surface area contributed by atoms with Gasteiger partial charge in [0.05, 0.1) is 12.0 Å². The number of nitrogens with one attached hydrogen (secondary N) is 1. The lowest BCUT2D eigenvalue weighted by Crippen LogP contribution is -2.50. The predicted octanol–water partition coefficient (Wildman–Crippen LogP) is 2.47. The minimum absolute atomic E-state index is 0.0258. The fraction of sp³-hybridized carbons (Fsp3) is 0.619. The minimum atomic E-state index is -0.279. The first-order valence-corrected chi connectivity index (χ1v) is 10.2. The predicted molar refractivity (Wildman–Crippen MR) is 106 cm³/mol. The molecule has 0 spiro atoms. The second-order valence-electron chi connectivity index (χ2n) is 8.04. The zero-order chi connectivity index (χ0) is 20.1. The lowest BCUT2D eigenvalue weighted by atomic mass is 9.97. The highest BCUT2D eigenvalue weighted by atomic mass is 19.1. The molecule has 2 atom stereocenters. The van der Waals surface area contributed by atoms with Crippen molar-refractivity contribution in [2.75, 3.05) is 46.8 Å². The maximum absolute atomic E-state index is 13.6. The second-order valence-corrected chi connectivity index (χ2v) is 8.04. The van der Waals surface area contributed by atoms with E-state index >= 15 is 0 Å². The summed E-state index contributed by atoms with van der Waals surface area (Å²) in [4.78, 5) is 31.1. The summed E-state index contributed by atoms with van der Waals surface area (Å²) < 4.78 is 13.6. The van der Waals surface area contributed by atoms with Gasteiger partial charge in [-0.15, -0.1) is 0 Å². The molecule has 2 saturated heterocycles. The van der Waals surface area contributed by atoms with Gasteiger partial charge in [-0.25, -0.2) is 9.18 Å². The van der Waals surface area contributed by atoms with Crippen molar-refractivity contribution in [2.45, 2.75) is 31.7 Å². The van der Waals surface area contributed by atoms with Crippen molar-refractivity contribution in [3.05, 3.63) is 35.6 Å². The van der Waals surface area contributed by atoms with Gasteiger partial charge in [0.25, 0.3) is 0 Å². The normalized spacial score (nSPS) is 21.1. The van der Waals surface area contributed by atoms with Crippen LogP contribution in [0.1, 0.15) is 37.3 Å². The van der Waals surface area contributed by atoms with Crippen LogP contribution in [0.3, 0.4) is 0 Å². The van der Waals surface area contributed by atoms with Gasteiger partial charge in [-0.3, -0.25) is 4.79 Å². The number of urea groups is 1. The Bertz CT molecular complexity index is 691. The van der Waals surface area contributed by atoms with E-state index in [1.807, 2.05) is 34.9 Å². The fourth-order valence-electron chi connectivity index (χ4n) is 4.13. The third-order valence-corrected chi connectivity index (χ3v) is 5.77. The van der Waals surface area contributed by atoms with Crippen molar-refractivity contribution in [1.29, 1.82) is 0 Å². The summed E-state index contributed by atoms with van der Waals surface area (Å²) >= 11 is 0. The van der Waals surface area contributed by atoms with Crippen LogP contribution in [0.15, 0.2) is 24.3 Å². The summed E-state index contributed by atoms with van der Waals surface area (Å²) in [5.41, 5.74) is 0.833. The Hall–Kier alpha value is -2.15. The Labute approximate surface area is 166 Å². The maximum atomic E-state index is 13.6. The lowest BCUT2D eigenvalue weighted by Gasteiger charge is -2.35. The van der Waals surface area contributed by atoms with Gasteiger partial charge in [-0.2, -0.15) is 0 Å². The van der Waals surface area contributed by atoms with E-state index in [-0.39, 0.29) is 29.7 Å². The number of likely N-dealkylation sites (tertiary alicyclic amines) is 2. The SMILES string of the molecule is CN(C)[C@@H](CNC(=O)[C@@H]1CCCN(C(=O)N2CCCC2)C1)c1cccc(F)c1. The number of likely N-dealkylation sites (N-methyl/N-ethyl adjacent to an activating group) is 1. The smallest absolute Gasteiger partial charge is 0.320 e. The summed E-state index contributed by atoms with van der Waals surface area (Å²) in [7, 11) is 3.83. The number of rotatable bonds is 5. The second kappa shape index (κ2) is 9.37. The number of hydrogen-bond donors (Lipinski definition) is 1. The zero-order valence-electron chi connectivity index (χ0n) is 16.9. The molecular formula is C21H31FN4O2. The van der Waals surface area contributed by atoms with E-state index < -0.39 is 0 Å². The van der Waals surface area contributed by atoms with E-state index in [4.69, 9.17) is 0 Å². The van der Waals surface area contributed by atoms with E-state index in [1.54, 1.807) is 6.07 Å².